The minimum Gasteiger partial charge on any atom is -0.366 e. The zero-order chi connectivity index (χ0) is 12.0. The van der Waals surface area contributed by atoms with Gasteiger partial charge in [-0.2, -0.15) is 0 Å². The molecule has 0 heterocycles. The number of nitrogens with two attached hydrogens (primary N) is 1. The predicted molar refractivity (Wildman–Crippen MR) is 67.6 cm³/mol. The standard InChI is InChI=1S/C14H21NO/c1-3-5-6-9-12-11(4-2)8-7-10-13(12)14(15)16/h7-8,10H,3-6,9H2,1-2H3,(H2,15,16). The van der Waals surface area contributed by atoms with Gasteiger partial charge in [-0.15, -0.1) is 0 Å². The second-order valence-electron chi connectivity index (χ2n) is 4.12. The van der Waals surface area contributed by atoms with Crippen LogP contribution in [0.2, 0.25) is 0 Å². The highest BCUT2D eigenvalue weighted by molar-refractivity contribution is 5.94. The van der Waals surface area contributed by atoms with Gasteiger partial charge in [-0.25, -0.2) is 0 Å². The number of carbonyl (C=O) groups excluding carboxylic acids is 1. The summed E-state index contributed by atoms with van der Waals surface area (Å²) in [5.41, 5.74) is 8.52. The molecule has 0 saturated carbocycles. The van der Waals surface area contributed by atoms with Crippen LogP contribution < -0.4 is 5.73 Å². The summed E-state index contributed by atoms with van der Waals surface area (Å²) in [6.45, 7) is 4.30. The monoisotopic (exact) mass is 219 g/mol. The number of primary amides is 1. The molecule has 0 radical (unpaired) electrons. The van der Waals surface area contributed by atoms with Crippen LogP contribution in [0, 0.1) is 0 Å². The lowest BCUT2D eigenvalue weighted by atomic mass is 9.94. The van der Waals surface area contributed by atoms with Crippen LogP contribution >= 0.6 is 0 Å². The Hall–Kier alpha value is -1.31. The molecule has 2 nitrogen and oxygen atoms in total. The molecule has 0 bridgehead atoms. The molecule has 0 aliphatic carbocycles. The molecule has 0 unspecified atom stereocenters. The summed E-state index contributed by atoms with van der Waals surface area (Å²) in [5, 5.41) is 0. The quantitative estimate of drug-likeness (QED) is 0.734. The fourth-order valence-corrected chi connectivity index (χ4v) is 2.04. The van der Waals surface area contributed by atoms with E-state index in [-0.39, 0.29) is 5.91 Å². The zero-order valence-corrected chi connectivity index (χ0v) is 10.3. The molecule has 1 rings (SSSR count). The van der Waals surface area contributed by atoms with Gasteiger partial charge in [-0.3, -0.25) is 4.79 Å². The Balaban J connectivity index is 2.95. The fraction of sp³-hybridized carbons (Fsp3) is 0.500. The van der Waals surface area contributed by atoms with Gasteiger partial charge < -0.3 is 5.73 Å². The molecular formula is C14H21NO. The third-order valence-corrected chi connectivity index (χ3v) is 2.95. The summed E-state index contributed by atoms with van der Waals surface area (Å²) in [6.07, 6.45) is 5.46. The Morgan fingerprint density at radius 3 is 2.56 bits per heavy atom. The van der Waals surface area contributed by atoms with Gasteiger partial charge in [0.15, 0.2) is 0 Å². The lowest BCUT2D eigenvalue weighted by Gasteiger charge is -2.11. The van der Waals surface area contributed by atoms with E-state index >= 15 is 0 Å². The van der Waals surface area contributed by atoms with Gasteiger partial charge in [0.1, 0.15) is 0 Å². The van der Waals surface area contributed by atoms with Crippen LogP contribution in [-0.2, 0) is 12.8 Å². The van der Waals surface area contributed by atoms with Gasteiger partial charge in [0.05, 0.1) is 0 Å². The topological polar surface area (TPSA) is 43.1 Å². The van der Waals surface area contributed by atoms with Crippen molar-refractivity contribution in [1.29, 1.82) is 0 Å². The summed E-state index contributed by atoms with van der Waals surface area (Å²) >= 11 is 0. The van der Waals surface area contributed by atoms with Crippen LogP contribution in [0.25, 0.3) is 0 Å². The predicted octanol–water partition coefficient (Wildman–Crippen LogP) is 3.08. The molecule has 0 spiro atoms. The van der Waals surface area contributed by atoms with E-state index in [0.29, 0.717) is 5.56 Å². The van der Waals surface area contributed by atoms with Gasteiger partial charge in [0.2, 0.25) is 5.91 Å². The zero-order valence-electron chi connectivity index (χ0n) is 10.3. The van der Waals surface area contributed by atoms with E-state index in [9.17, 15) is 4.79 Å². The third kappa shape index (κ3) is 3.09. The second kappa shape index (κ2) is 6.31. The van der Waals surface area contributed by atoms with Crippen molar-refractivity contribution in [2.75, 3.05) is 0 Å². The molecule has 0 fully saturated rings. The van der Waals surface area contributed by atoms with Crippen LogP contribution in [0.5, 0.6) is 0 Å². The molecular weight excluding hydrogens is 198 g/mol. The van der Waals surface area contributed by atoms with Crippen LogP contribution in [0.4, 0.5) is 0 Å². The maximum atomic E-state index is 11.3. The van der Waals surface area contributed by atoms with Crippen LogP contribution in [0.1, 0.15) is 54.6 Å². The first-order valence-corrected chi connectivity index (χ1v) is 6.11. The molecule has 1 aromatic rings. The second-order valence-corrected chi connectivity index (χ2v) is 4.12. The molecule has 1 amide bonds. The van der Waals surface area contributed by atoms with Gasteiger partial charge in [0, 0.05) is 5.56 Å². The smallest absolute Gasteiger partial charge is 0.248 e. The summed E-state index contributed by atoms with van der Waals surface area (Å²) in [7, 11) is 0. The highest BCUT2D eigenvalue weighted by Gasteiger charge is 2.10. The lowest BCUT2D eigenvalue weighted by Crippen LogP contribution is -2.15. The Bertz CT molecular complexity index is 358. The van der Waals surface area contributed by atoms with Gasteiger partial charge in [-0.05, 0) is 36.5 Å². The molecule has 1 aromatic carbocycles. The van der Waals surface area contributed by atoms with Gasteiger partial charge >= 0.3 is 0 Å². The van der Waals surface area contributed by atoms with Gasteiger partial charge in [-0.1, -0.05) is 38.8 Å². The number of benzene rings is 1. The Morgan fingerprint density at radius 1 is 1.25 bits per heavy atom. The molecule has 0 aliphatic rings. The number of aryl methyl sites for hydroxylation is 1. The SMILES string of the molecule is CCCCCc1c(CC)cccc1C(N)=O. The van der Waals surface area contributed by atoms with Crippen molar-refractivity contribution in [3.8, 4) is 0 Å². The Morgan fingerprint density at radius 2 is 2.00 bits per heavy atom. The third-order valence-electron chi connectivity index (χ3n) is 2.95. The first kappa shape index (κ1) is 12.8. The lowest BCUT2D eigenvalue weighted by molar-refractivity contribution is 0.0999. The maximum absolute atomic E-state index is 11.3. The summed E-state index contributed by atoms with van der Waals surface area (Å²) in [6, 6.07) is 5.85. The van der Waals surface area contributed by atoms with E-state index in [2.05, 4.69) is 19.9 Å². The van der Waals surface area contributed by atoms with E-state index in [1.807, 2.05) is 12.1 Å². The molecule has 0 aromatic heterocycles. The molecule has 0 aliphatic heterocycles. The van der Waals surface area contributed by atoms with Crippen LogP contribution in [0.15, 0.2) is 18.2 Å². The molecule has 0 saturated heterocycles. The van der Waals surface area contributed by atoms with E-state index in [1.54, 1.807) is 0 Å². The fourth-order valence-electron chi connectivity index (χ4n) is 2.04. The van der Waals surface area contributed by atoms with Crippen LogP contribution in [-0.4, -0.2) is 5.91 Å². The number of hydrogen-bond donors (Lipinski definition) is 1. The number of hydrogen-bond acceptors (Lipinski definition) is 1. The van der Waals surface area contributed by atoms with Gasteiger partial charge in [0.25, 0.3) is 0 Å². The van der Waals surface area contributed by atoms with E-state index in [4.69, 9.17) is 5.73 Å². The van der Waals surface area contributed by atoms with Crippen molar-refractivity contribution in [3.63, 3.8) is 0 Å². The Labute approximate surface area is 97.9 Å². The number of unbranched alkanes of at least 4 members (excludes halogenated alkanes) is 2. The van der Waals surface area contributed by atoms with E-state index < -0.39 is 0 Å². The summed E-state index contributed by atoms with van der Waals surface area (Å²) in [4.78, 5) is 11.3. The van der Waals surface area contributed by atoms with E-state index in [0.717, 1.165) is 24.8 Å². The average molecular weight is 219 g/mol. The molecule has 2 heteroatoms. The van der Waals surface area contributed by atoms with Crippen molar-refractivity contribution in [2.24, 2.45) is 5.73 Å². The number of carbonyl (C=O) groups is 1. The Kier molecular flexibility index (Phi) is 5.03. The number of rotatable bonds is 6. The van der Waals surface area contributed by atoms with E-state index in [1.165, 1.54) is 18.4 Å². The molecule has 2 N–H and O–H groups in total. The highest BCUT2D eigenvalue weighted by Crippen LogP contribution is 2.18. The van der Waals surface area contributed by atoms with Crippen LogP contribution in [0.3, 0.4) is 0 Å². The maximum Gasteiger partial charge on any atom is 0.248 e. The molecule has 88 valence electrons. The summed E-state index contributed by atoms with van der Waals surface area (Å²) in [5.74, 6) is -0.304. The largest absolute Gasteiger partial charge is 0.366 e. The van der Waals surface area contributed by atoms with Crippen molar-refractivity contribution >= 4 is 5.91 Å². The van der Waals surface area contributed by atoms with Crippen molar-refractivity contribution in [3.05, 3.63) is 34.9 Å². The normalized spacial score (nSPS) is 10.4. The van der Waals surface area contributed by atoms with Crippen molar-refractivity contribution in [2.45, 2.75) is 46.0 Å². The number of amides is 1. The molecule has 0 atom stereocenters. The molecule has 16 heavy (non-hydrogen) atoms. The van der Waals surface area contributed by atoms with Crippen molar-refractivity contribution in [1.82, 2.24) is 0 Å². The minimum atomic E-state index is -0.304. The first-order valence-electron chi connectivity index (χ1n) is 6.11. The minimum absolute atomic E-state index is 0.304. The summed E-state index contributed by atoms with van der Waals surface area (Å²) < 4.78 is 0. The first-order chi connectivity index (χ1) is 7.70. The average Bonchev–Trinajstić information content (AvgIpc) is 2.29. The van der Waals surface area contributed by atoms with Crippen molar-refractivity contribution < 1.29 is 4.79 Å². The highest BCUT2D eigenvalue weighted by atomic mass is 16.1.